The molecule has 0 spiro atoms. The first-order valence-corrected chi connectivity index (χ1v) is 13.8. The molecule has 1 amide bonds. The minimum atomic E-state index is -0.729. The van der Waals surface area contributed by atoms with Crippen LogP contribution in [0, 0.1) is 11.8 Å². The number of hydrogen-bond acceptors (Lipinski definition) is 6. The van der Waals surface area contributed by atoms with Crippen LogP contribution < -0.4 is 10.6 Å². The molecule has 1 aromatic carbocycles. The summed E-state index contributed by atoms with van der Waals surface area (Å²) < 4.78 is 1.71. The normalized spacial score (nSPS) is 19.4. The van der Waals surface area contributed by atoms with Crippen molar-refractivity contribution in [3.63, 3.8) is 0 Å². The van der Waals surface area contributed by atoms with Gasteiger partial charge in [0.25, 0.3) is 5.91 Å². The number of fused-ring (bicyclic) bond motifs is 1. The summed E-state index contributed by atoms with van der Waals surface area (Å²) in [5.74, 6) is 0.689. The highest BCUT2D eigenvalue weighted by Crippen LogP contribution is 2.35. The lowest BCUT2D eigenvalue weighted by molar-refractivity contribution is -0.137. The van der Waals surface area contributed by atoms with Crippen LogP contribution in [-0.4, -0.2) is 69.4 Å². The summed E-state index contributed by atoms with van der Waals surface area (Å²) in [6, 6.07) is 8.82. The molecule has 0 saturated carbocycles. The first-order valence-electron chi connectivity index (χ1n) is 13.0. The molecule has 2 fully saturated rings. The van der Waals surface area contributed by atoms with Crippen LogP contribution in [0.5, 0.6) is 0 Å². The molecule has 202 valence electrons. The van der Waals surface area contributed by atoms with Crippen molar-refractivity contribution in [1.82, 2.24) is 19.7 Å². The molecule has 0 aliphatic carbocycles. The van der Waals surface area contributed by atoms with E-state index in [4.69, 9.17) is 39.0 Å². The Morgan fingerprint density at radius 3 is 2.66 bits per heavy atom. The van der Waals surface area contributed by atoms with Crippen LogP contribution >= 0.6 is 23.2 Å². The number of benzene rings is 1. The van der Waals surface area contributed by atoms with E-state index in [1.807, 2.05) is 25.1 Å². The number of nitrogens with zero attached hydrogens (tertiary/aromatic N) is 5. The van der Waals surface area contributed by atoms with Gasteiger partial charge in [-0.3, -0.25) is 9.59 Å². The summed E-state index contributed by atoms with van der Waals surface area (Å²) in [6.07, 6.45) is 3.28. The number of carbonyl (C=O) groups is 2. The predicted octanol–water partition coefficient (Wildman–Crippen LogP) is 4.46. The summed E-state index contributed by atoms with van der Waals surface area (Å²) in [6.45, 7) is 6.71. The Balaban J connectivity index is 1.32. The molecule has 2 unspecified atom stereocenters. The Bertz CT molecular complexity index is 1360. The third-order valence-electron chi connectivity index (χ3n) is 7.86. The molecule has 2 aliphatic heterocycles. The molecule has 2 saturated heterocycles. The Kier molecular flexibility index (Phi) is 7.79. The summed E-state index contributed by atoms with van der Waals surface area (Å²) in [7, 11) is 0. The fourth-order valence-corrected chi connectivity index (χ4v) is 6.30. The quantitative estimate of drug-likeness (QED) is 0.398. The average molecular weight is 559 g/mol. The van der Waals surface area contributed by atoms with Crippen molar-refractivity contribution in [2.24, 2.45) is 17.6 Å². The van der Waals surface area contributed by atoms with Gasteiger partial charge in [0, 0.05) is 36.1 Å². The molecular formula is C27H32Cl2N6O3. The molecule has 11 heteroatoms. The molecule has 2 aromatic heterocycles. The predicted molar refractivity (Wildman–Crippen MR) is 148 cm³/mol. The summed E-state index contributed by atoms with van der Waals surface area (Å²) >= 11 is 12.6. The van der Waals surface area contributed by atoms with Crippen molar-refractivity contribution in [2.75, 3.05) is 37.6 Å². The van der Waals surface area contributed by atoms with Crippen molar-refractivity contribution in [3.8, 4) is 0 Å². The van der Waals surface area contributed by atoms with Crippen LogP contribution in [0.4, 0.5) is 5.82 Å². The Morgan fingerprint density at radius 2 is 1.95 bits per heavy atom. The topological polar surface area (TPSA) is 118 Å². The van der Waals surface area contributed by atoms with Gasteiger partial charge < -0.3 is 20.6 Å². The van der Waals surface area contributed by atoms with E-state index in [2.05, 4.69) is 14.9 Å². The lowest BCUT2D eigenvalue weighted by atomic mass is 9.80. The minimum Gasteiger partial charge on any atom is -0.481 e. The summed E-state index contributed by atoms with van der Waals surface area (Å²) in [5, 5.41) is 15.1. The fourth-order valence-electron chi connectivity index (χ4n) is 5.74. The van der Waals surface area contributed by atoms with Crippen LogP contribution in [-0.2, 0) is 4.79 Å². The number of anilines is 1. The summed E-state index contributed by atoms with van der Waals surface area (Å²) in [4.78, 5) is 32.6. The molecule has 5 rings (SSSR count). The van der Waals surface area contributed by atoms with Crippen LogP contribution in [0.15, 0.2) is 30.3 Å². The number of nitrogens with two attached hydrogens (primary N) is 1. The third kappa shape index (κ3) is 5.46. The second-order valence-electron chi connectivity index (χ2n) is 10.4. The minimum absolute atomic E-state index is 0.183. The van der Waals surface area contributed by atoms with Crippen LogP contribution in [0.1, 0.15) is 54.7 Å². The maximum Gasteiger partial charge on any atom is 0.303 e. The standard InChI is InChI=1S/C27H32Cl2N6O3/c1-16(20-7-6-19(28)12-22(20)29)35-27-21(25(32-35)26(30)38)8-9-23(31-27)34-14-18(15-34)17-4-2-10-33(13-17)11-3-5-24(36)37/h6-9,12,16-18H,2-5,10-11,13-15H2,1H3,(H2,30,38)(H,36,37). The number of aliphatic carboxylic acids is 1. The Morgan fingerprint density at radius 1 is 1.16 bits per heavy atom. The number of hydrogen-bond donors (Lipinski definition) is 2. The van der Waals surface area contributed by atoms with E-state index in [0.717, 1.165) is 50.5 Å². The molecule has 0 bridgehead atoms. The van der Waals surface area contributed by atoms with Crippen molar-refractivity contribution in [3.05, 3.63) is 51.6 Å². The number of pyridine rings is 1. The van der Waals surface area contributed by atoms with Gasteiger partial charge >= 0.3 is 5.97 Å². The lowest BCUT2D eigenvalue weighted by Crippen LogP contribution is -2.53. The van der Waals surface area contributed by atoms with E-state index in [-0.39, 0.29) is 18.2 Å². The molecule has 2 atom stereocenters. The molecule has 3 N–H and O–H groups in total. The van der Waals surface area contributed by atoms with Gasteiger partial charge in [-0.1, -0.05) is 29.3 Å². The van der Waals surface area contributed by atoms with Crippen LogP contribution in [0.25, 0.3) is 11.0 Å². The van der Waals surface area contributed by atoms with E-state index < -0.39 is 11.9 Å². The second kappa shape index (κ2) is 11.1. The van der Waals surface area contributed by atoms with Crippen molar-refractivity contribution >= 4 is 51.9 Å². The van der Waals surface area contributed by atoms with Crippen molar-refractivity contribution < 1.29 is 14.7 Å². The zero-order valence-electron chi connectivity index (χ0n) is 21.3. The van der Waals surface area contributed by atoms with Crippen molar-refractivity contribution in [1.29, 1.82) is 0 Å². The second-order valence-corrected chi connectivity index (χ2v) is 11.2. The van der Waals surface area contributed by atoms with Crippen LogP contribution in [0.3, 0.4) is 0 Å². The monoisotopic (exact) mass is 558 g/mol. The van der Waals surface area contributed by atoms with Gasteiger partial charge in [-0.25, -0.2) is 9.67 Å². The highest BCUT2D eigenvalue weighted by Gasteiger charge is 2.36. The van der Waals surface area contributed by atoms with E-state index in [9.17, 15) is 9.59 Å². The molecule has 2 aliphatic rings. The van der Waals surface area contributed by atoms with Gasteiger partial charge in [0.15, 0.2) is 11.3 Å². The van der Waals surface area contributed by atoms with E-state index in [1.165, 1.54) is 6.42 Å². The number of carboxylic acid groups (broad SMARTS) is 1. The first-order chi connectivity index (χ1) is 18.2. The van der Waals surface area contributed by atoms with Gasteiger partial charge in [0.05, 0.1) is 11.4 Å². The molecular weight excluding hydrogens is 527 g/mol. The number of likely N-dealkylation sites (tertiary alicyclic amines) is 1. The average Bonchev–Trinajstić information content (AvgIpc) is 3.22. The largest absolute Gasteiger partial charge is 0.481 e. The van der Waals surface area contributed by atoms with Gasteiger partial charge in [0.2, 0.25) is 0 Å². The molecule has 0 radical (unpaired) electrons. The molecule has 4 heterocycles. The van der Waals surface area contributed by atoms with Gasteiger partial charge in [-0.15, -0.1) is 0 Å². The number of carbonyl (C=O) groups excluding carboxylic acids is 1. The van der Waals surface area contributed by atoms with Crippen LogP contribution in [0.2, 0.25) is 10.0 Å². The number of primary amides is 1. The number of amides is 1. The fraction of sp³-hybridized carbons (Fsp3) is 0.481. The molecule has 38 heavy (non-hydrogen) atoms. The highest BCUT2D eigenvalue weighted by atomic mass is 35.5. The highest BCUT2D eigenvalue weighted by molar-refractivity contribution is 6.35. The van der Waals surface area contributed by atoms with E-state index >= 15 is 0 Å². The number of piperidine rings is 1. The van der Waals surface area contributed by atoms with E-state index in [0.29, 0.717) is 39.3 Å². The smallest absolute Gasteiger partial charge is 0.303 e. The molecule has 3 aromatic rings. The third-order valence-corrected chi connectivity index (χ3v) is 8.42. The number of aromatic nitrogens is 3. The Hall–Kier alpha value is -2.88. The zero-order chi connectivity index (χ0) is 27.0. The number of halogens is 2. The first kappa shape index (κ1) is 26.7. The van der Waals surface area contributed by atoms with Gasteiger partial charge in [0.1, 0.15) is 5.82 Å². The lowest BCUT2D eigenvalue weighted by Gasteiger charge is -2.47. The zero-order valence-corrected chi connectivity index (χ0v) is 22.8. The summed E-state index contributed by atoms with van der Waals surface area (Å²) in [5.41, 5.74) is 7.23. The number of rotatable bonds is 9. The van der Waals surface area contributed by atoms with Gasteiger partial charge in [-0.05, 0) is 80.9 Å². The Labute approximate surface area is 231 Å². The van der Waals surface area contributed by atoms with Gasteiger partial charge in [-0.2, -0.15) is 5.10 Å². The SMILES string of the molecule is CC(c1ccc(Cl)cc1Cl)n1nc(C(N)=O)c2ccc(N3CC(C4CCCN(CCCC(=O)O)C4)C3)nc21. The number of carboxylic acids is 1. The molecule has 9 nitrogen and oxygen atoms in total. The van der Waals surface area contributed by atoms with E-state index in [1.54, 1.807) is 16.8 Å². The van der Waals surface area contributed by atoms with Crippen molar-refractivity contribution in [2.45, 2.75) is 38.6 Å². The maximum absolute atomic E-state index is 12.2. The maximum atomic E-state index is 12.2.